The Morgan fingerprint density at radius 3 is 2.87 bits per heavy atom. The molecule has 1 aromatic carbocycles. The number of hydrogen-bond acceptors (Lipinski definition) is 2. The van der Waals surface area contributed by atoms with Crippen molar-refractivity contribution < 1.29 is 9.13 Å². The van der Waals surface area contributed by atoms with Gasteiger partial charge in [0.1, 0.15) is 0 Å². The lowest BCUT2D eigenvalue weighted by Gasteiger charge is -2.05. The lowest BCUT2D eigenvalue weighted by Crippen LogP contribution is -2.14. The summed E-state index contributed by atoms with van der Waals surface area (Å²) >= 11 is 0. The summed E-state index contributed by atoms with van der Waals surface area (Å²) in [6.45, 7) is 0. The smallest absolute Gasteiger partial charge is 0.330 e. The van der Waals surface area contributed by atoms with Gasteiger partial charge in [0.2, 0.25) is 0 Å². The van der Waals surface area contributed by atoms with E-state index in [9.17, 15) is 9.18 Å². The lowest BCUT2D eigenvalue weighted by atomic mass is 10.3. The second-order valence-electron chi connectivity index (χ2n) is 2.95. The molecule has 2 rings (SSSR count). The average Bonchev–Trinajstić information content (AvgIpc) is 2.65. The SMILES string of the molecule is COc1cc(-n2cc[nH]c2=O)ccc1F. The van der Waals surface area contributed by atoms with Crippen molar-refractivity contribution in [2.24, 2.45) is 0 Å². The van der Waals surface area contributed by atoms with Crippen LogP contribution >= 0.6 is 0 Å². The number of H-pyrrole nitrogens is 1. The van der Waals surface area contributed by atoms with Crippen LogP contribution in [0.1, 0.15) is 0 Å². The number of ether oxygens (including phenoxy) is 1. The summed E-state index contributed by atoms with van der Waals surface area (Å²) in [5.74, 6) is -0.342. The van der Waals surface area contributed by atoms with Gasteiger partial charge in [-0.2, -0.15) is 0 Å². The first-order chi connectivity index (χ1) is 7.22. The van der Waals surface area contributed by atoms with Gasteiger partial charge in [0.15, 0.2) is 11.6 Å². The number of nitrogens with one attached hydrogen (secondary N) is 1. The van der Waals surface area contributed by atoms with E-state index in [-0.39, 0.29) is 11.4 Å². The van der Waals surface area contributed by atoms with Gasteiger partial charge in [0.05, 0.1) is 12.8 Å². The molecule has 1 heterocycles. The molecule has 0 aliphatic heterocycles. The molecule has 0 saturated carbocycles. The van der Waals surface area contributed by atoms with E-state index < -0.39 is 5.82 Å². The molecule has 78 valence electrons. The number of hydrogen-bond donors (Lipinski definition) is 1. The van der Waals surface area contributed by atoms with Crippen LogP contribution in [0.4, 0.5) is 4.39 Å². The molecule has 0 fully saturated rings. The minimum absolute atomic E-state index is 0.112. The molecular formula is C10H9FN2O2. The Labute approximate surface area is 84.9 Å². The highest BCUT2D eigenvalue weighted by atomic mass is 19.1. The third-order valence-electron chi connectivity index (χ3n) is 2.06. The first kappa shape index (κ1) is 9.51. The highest BCUT2D eigenvalue weighted by molar-refractivity contribution is 5.40. The fourth-order valence-electron chi connectivity index (χ4n) is 1.32. The van der Waals surface area contributed by atoms with Crippen LogP contribution in [0.2, 0.25) is 0 Å². The lowest BCUT2D eigenvalue weighted by molar-refractivity contribution is 0.386. The standard InChI is InChI=1S/C10H9FN2O2/c1-15-9-6-7(2-3-8(9)11)13-5-4-12-10(13)14/h2-6H,1H3,(H,12,14). The Bertz CT molecular complexity index is 530. The molecule has 15 heavy (non-hydrogen) atoms. The van der Waals surface area contributed by atoms with Gasteiger partial charge in [0, 0.05) is 18.5 Å². The van der Waals surface area contributed by atoms with E-state index in [1.807, 2.05) is 0 Å². The summed E-state index contributed by atoms with van der Waals surface area (Å²) in [6.07, 6.45) is 3.08. The van der Waals surface area contributed by atoms with E-state index >= 15 is 0 Å². The van der Waals surface area contributed by atoms with Crippen LogP contribution in [0.15, 0.2) is 35.4 Å². The molecule has 0 unspecified atom stereocenters. The van der Waals surface area contributed by atoms with Gasteiger partial charge in [-0.05, 0) is 12.1 Å². The molecule has 0 aliphatic rings. The number of methoxy groups -OCH3 is 1. The number of halogens is 1. The first-order valence-electron chi connectivity index (χ1n) is 4.32. The van der Waals surface area contributed by atoms with Crippen molar-refractivity contribution in [3.8, 4) is 11.4 Å². The van der Waals surface area contributed by atoms with Crippen molar-refractivity contribution in [1.82, 2.24) is 9.55 Å². The van der Waals surface area contributed by atoms with Crippen LogP contribution < -0.4 is 10.4 Å². The number of aromatic amines is 1. The van der Waals surface area contributed by atoms with Gasteiger partial charge < -0.3 is 9.72 Å². The van der Waals surface area contributed by atoms with Crippen LogP contribution in [0.3, 0.4) is 0 Å². The molecular weight excluding hydrogens is 199 g/mol. The van der Waals surface area contributed by atoms with Crippen LogP contribution in [0, 0.1) is 5.82 Å². The second-order valence-corrected chi connectivity index (χ2v) is 2.95. The first-order valence-corrected chi connectivity index (χ1v) is 4.32. The summed E-state index contributed by atoms with van der Waals surface area (Å²) in [7, 11) is 1.38. The van der Waals surface area contributed by atoms with Gasteiger partial charge >= 0.3 is 5.69 Å². The highest BCUT2D eigenvalue weighted by Gasteiger charge is 2.05. The summed E-state index contributed by atoms with van der Waals surface area (Å²) in [5.41, 5.74) is 0.281. The number of aromatic nitrogens is 2. The molecule has 0 radical (unpaired) electrons. The maximum Gasteiger partial charge on any atom is 0.330 e. The van der Waals surface area contributed by atoms with E-state index in [0.717, 1.165) is 0 Å². The van der Waals surface area contributed by atoms with Gasteiger partial charge in [-0.15, -0.1) is 0 Å². The topological polar surface area (TPSA) is 47.0 Å². The Balaban J connectivity index is 2.55. The Morgan fingerprint density at radius 1 is 1.47 bits per heavy atom. The minimum Gasteiger partial charge on any atom is -0.494 e. The predicted molar refractivity (Wildman–Crippen MR) is 52.9 cm³/mol. The summed E-state index contributed by atoms with van der Waals surface area (Å²) in [6, 6.07) is 4.23. The van der Waals surface area contributed by atoms with Crippen molar-refractivity contribution in [3.05, 3.63) is 46.9 Å². The molecule has 1 aromatic heterocycles. The number of imidazole rings is 1. The minimum atomic E-state index is -0.454. The summed E-state index contributed by atoms with van der Waals surface area (Å²) < 4.78 is 19.3. The summed E-state index contributed by atoms with van der Waals surface area (Å²) in [5, 5.41) is 0. The average molecular weight is 208 g/mol. The fourth-order valence-corrected chi connectivity index (χ4v) is 1.32. The van der Waals surface area contributed by atoms with Crippen molar-refractivity contribution in [1.29, 1.82) is 0 Å². The van der Waals surface area contributed by atoms with Gasteiger partial charge in [-0.1, -0.05) is 0 Å². The van der Waals surface area contributed by atoms with Crippen LogP contribution in [-0.4, -0.2) is 16.7 Å². The third-order valence-corrected chi connectivity index (χ3v) is 2.06. The quantitative estimate of drug-likeness (QED) is 0.808. The maximum absolute atomic E-state index is 13.1. The Morgan fingerprint density at radius 2 is 2.27 bits per heavy atom. The molecule has 1 N–H and O–H groups in total. The molecule has 4 nitrogen and oxygen atoms in total. The van der Waals surface area contributed by atoms with Crippen LogP contribution in [0.5, 0.6) is 5.75 Å². The molecule has 0 spiro atoms. The van der Waals surface area contributed by atoms with Gasteiger partial charge in [-0.3, -0.25) is 4.57 Å². The Hall–Kier alpha value is -2.04. The highest BCUT2D eigenvalue weighted by Crippen LogP contribution is 2.19. The number of rotatable bonds is 2. The van der Waals surface area contributed by atoms with E-state index in [2.05, 4.69) is 4.98 Å². The zero-order chi connectivity index (χ0) is 10.8. The van der Waals surface area contributed by atoms with Crippen molar-refractivity contribution >= 4 is 0 Å². The number of benzene rings is 1. The third kappa shape index (κ3) is 1.63. The zero-order valence-electron chi connectivity index (χ0n) is 8.03. The largest absolute Gasteiger partial charge is 0.494 e. The predicted octanol–water partition coefficient (Wildman–Crippen LogP) is 1.31. The molecule has 0 amide bonds. The van der Waals surface area contributed by atoms with E-state index in [1.165, 1.54) is 36.1 Å². The molecule has 2 aromatic rings. The second kappa shape index (κ2) is 3.61. The zero-order valence-corrected chi connectivity index (χ0v) is 8.03. The van der Waals surface area contributed by atoms with Crippen LogP contribution in [-0.2, 0) is 0 Å². The van der Waals surface area contributed by atoms with Gasteiger partial charge in [-0.25, -0.2) is 9.18 Å². The van der Waals surface area contributed by atoms with Gasteiger partial charge in [0.25, 0.3) is 0 Å². The van der Waals surface area contributed by atoms with Crippen molar-refractivity contribution in [2.75, 3.05) is 7.11 Å². The molecule has 0 bridgehead atoms. The fraction of sp³-hybridized carbons (Fsp3) is 0.100. The monoisotopic (exact) mass is 208 g/mol. The van der Waals surface area contributed by atoms with E-state index in [4.69, 9.17) is 4.74 Å². The summed E-state index contributed by atoms with van der Waals surface area (Å²) in [4.78, 5) is 13.8. The molecule has 5 heteroatoms. The molecule has 0 saturated heterocycles. The molecule has 0 atom stereocenters. The van der Waals surface area contributed by atoms with E-state index in [0.29, 0.717) is 5.69 Å². The maximum atomic E-state index is 13.1. The molecule has 0 aliphatic carbocycles. The Kier molecular flexibility index (Phi) is 2.29. The van der Waals surface area contributed by atoms with Crippen molar-refractivity contribution in [2.45, 2.75) is 0 Å². The van der Waals surface area contributed by atoms with Crippen LogP contribution in [0.25, 0.3) is 5.69 Å². The normalized spacial score (nSPS) is 10.3. The van der Waals surface area contributed by atoms with Crippen molar-refractivity contribution in [3.63, 3.8) is 0 Å². The number of nitrogens with zero attached hydrogens (tertiary/aromatic N) is 1. The van der Waals surface area contributed by atoms with E-state index in [1.54, 1.807) is 6.20 Å².